The number of halogens is 1. The Bertz CT molecular complexity index is 466. The van der Waals surface area contributed by atoms with Crippen LogP contribution in [0.15, 0.2) is 17.8 Å². The number of rotatable bonds is 3. The van der Waals surface area contributed by atoms with Crippen molar-refractivity contribution in [3.63, 3.8) is 0 Å². The molecular formula is C10H12ClN3S. The SMILES string of the molecule is CC(C)(CCl)Nc1ncnc2ccsc12. The highest BCUT2D eigenvalue weighted by Gasteiger charge is 2.18. The fourth-order valence-corrected chi connectivity index (χ4v) is 2.09. The molecule has 0 aromatic carbocycles. The molecule has 0 saturated carbocycles. The minimum Gasteiger partial charge on any atom is -0.363 e. The zero-order valence-electron chi connectivity index (χ0n) is 8.62. The Morgan fingerprint density at radius 2 is 2.27 bits per heavy atom. The van der Waals surface area contributed by atoms with E-state index in [9.17, 15) is 0 Å². The first-order valence-electron chi connectivity index (χ1n) is 4.65. The molecule has 0 aliphatic rings. The molecule has 0 aliphatic heterocycles. The molecule has 2 heterocycles. The van der Waals surface area contributed by atoms with Gasteiger partial charge in [-0.2, -0.15) is 0 Å². The summed E-state index contributed by atoms with van der Waals surface area (Å²) in [5.41, 5.74) is 0.815. The summed E-state index contributed by atoms with van der Waals surface area (Å²) in [6.45, 7) is 4.09. The number of nitrogens with zero attached hydrogens (tertiary/aromatic N) is 2. The Morgan fingerprint density at radius 1 is 1.47 bits per heavy atom. The topological polar surface area (TPSA) is 37.8 Å². The summed E-state index contributed by atoms with van der Waals surface area (Å²) in [6.07, 6.45) is 1.57. The molecule has 0 atom stereocenters. The van der Waals surface area contributed by atoms with Gasteiger partial charge in [0.05, 0.1) is 10.2 Å². The maximum Gasteiger partial charge on any atom is 0.147 e. The van der Waals surface area contributed by atoms with Gasteiger partial charge < -0.3 is 5.32 Å². The second kappa shape index (κ2) is 3.94. The lowest BCUT2D eigenvalue weighted by Gasteiger charge is -2.23. The summed E-state index contributed by atoms with van der Waals surface area (Å²) in [7, 11) is 0. The van der Waals surface area contributed by atoms with E-state index in [1.54, 1.807) is 17.7 Å². The van der Waals surface area contributed by atoms with Gasteiger partial charge in [-0.05, 0) is 25.3 Å². The molecule has 2 aromatic rings. The maximum atomic E-state index is 5.87. The third-order valence-corrected chi connectivity index (χ3v) is 3.61. The third-order valence-electron chi connectivity index (χ3n) is 2.03. The Hall–Kier alpha value is -0.870. The van der Waals surface area contributed by atoms with Gasteiger partial charge in [0.2, 0.25) is 0 Å². The first-order valence-corrected chi connectivity index (χ1v) is 6.06. The van der Waals surface area contributed by atoms with Crippen molar-refractivity contribution in [3.8, 4) is 0 Å². The van der Waals surface area contributed by atoms with Crippen LogP contribution in [0, 0.1) is 0 Å². The lowest BCUT2D eigenvalue weighted by atomic mass is 10.1. The highest BCUT2D eigenvalue weighted by molar-refractivity contribution is 7.17. The number of thiophene rings is 1. The van der Waals surface area contributed by atoms with Crippen molar-refractivity contribution in [2.45, 2.75) is 19.4 Å². The number of nitrogens with one attached hydrogen (secondary N) is 1. The first kappa shape index (κ1) is 10.6. The number of alkyl halides is 1. The van der Waals surface area contributed by atoms with E-state index in [1.165, 1.54) is 0 Å². The van der Waals surface area contributed by atoms with Crippen molar-refractivity contribution in [1.82, 2.24) is 9.97 Å². The van der Waals surface area contributed by atoms with Crippen LogP contribution >= 0.6 is 22.9 Å². The Balaban J connectivity index is 2.39. The van der Waals surface area contributed by atoms with Crippen LogP contribution in [0.25, 0.3) is 10.2 Å². The van der Waals surface area contributed by atoms with E-state index >= 15 is 0 Å². The zero-order valence-corrected chi connectivity index (χ0v) is 10.2. The molecule has 1 N–H and O–H groups in total. The summed E-state index contributed by atoms with van der Waals surface area (Å²) < 4.78 is 1.08. The normalized spacial score (nSPS) is 11.9. The number of aromatic nitrogens is 2. The van der Waals surface area contributed by atoms with Gasteiger partial charge in [-0.15, -0.1) is 22.9 Å². The van der Waals surface area contributed by atoms with Crippen LogP contribution in [0.2, 0.25) is 0 Å². The van der Waals surface area contributed by atoms with Crippen molar-refractivity contribution in [1.29, 1.82) is 0 Å². The van der Waals surface area contributed by atoms with Crippen LogP contribution < -0.4 is 5.32 Å². The van der Waals surface area contributed by atoms with Crippen LogP contribution in [-0.4, -0.2) is 21.4 Å². The highest BCUT2D eigenvalue weighted by atomic mass is 35.5. The summed E-state index contributed by atoms with van der Waals surface area (Å²) >= 11 is 7.50. The number of anilines is 1. The second-order valence-corrected chi connectivity index (χ2v) is 5.18. The van der Waals surface area contributed by atoms with E-state index in [4.69, 9.17) is 11.6 Å². The molecule has 15 heavy (non-hydrogen) atoms. The number of hydrogen-bond acceptors (Lipinski definition) is 4. The minimum absolute atomic E-state index is 0.160. The molecule has 2 aromatic heterocycles. The lowest BCUT2D eigenvalue weighted by Crippen LogP contribution is -2.33. The molecule has 0 amide bonds. The van der Waals surface area contributed by atoms with Crippen LogP contribution in [0.4, 0.5) is 5.82 Å². The first-order chi connectivity index (χ1) is 7.12. The highest BCUT2D eigenvalue weighted by Crippen LogP contribution is 2.27. The molecule has 0 saturated heterocycles. The fraction of sp³-hybridized carbons (Fsp3) is 0.400. The van der Waals surface area contributed by atoms with Gasteiger partial charge in [-0.25, -0.2) is 9.97 Å². The van der Waals surface area contributed by atoms with Gasteiger partial charge in [-0.1, -0.05) is 0 Å². The quantitative estimate of drug-likeness (QED) is 0.839. The predicted molar refractivity (Wildman–Crippen MR) is 65.8 cm³/mol. The molecule has 0 radical (unpaired) electrons. The van der Waals surface area contributed by atoms with Crippen LogP contribution in [-0.2, 0) is 0 Å². The van der Waals surface area contributed by atoms with Gasteiger partial charge in [0.1, 0.15) is 12.1 Å². The Morgan fingerprint density at radius 3 is 3.00 bits per heavy atom. The third kappa shape index (κ3) is 2.21. The Kier molecular flexibility index (Phi) is 2.80. The van der Waals surface area contributed by atoms with Crippen molar-refractivity contribution >= 4 is 39.0 Å². The van der Waals surface area contributed by atoms with Crippen molar-refractivity contribution in [3.05, 3.63) is 17.8 Å². The molecule has 3 nitrogen and oxygen atoms in total. The van der Waals surface area contributed by atoms with Gasteiger partial charge in [0.25, 0.3) is 0 Å². The smallest absolute Gasteiger partial charge is 0.147 e. The van der Waals surface area contributed by atoms with Gasteiger partial charge in [0.15, 0.2) is 0 Å². The van der Waals surface area contributed by atoms with E-state index in [0.29, 0.717) is 5.88 Å². The molecule has 0 bridgehead atoms. The zero-order chi connectivity index (χ0) is 10.9. The summed E-state index contributed by atoms with van der Waals surface area (Å²) in [5.74, 6) is 1.39. The van der Waals surface area contributed by atoms with Gasteiger partial charge >= 0.3 is 0 Å². The largest absolute Gasteiger partial charge is 0.363 e. The van der Waals surface area contributed by atoms with Crippen molar-refractivity contribution in [2.24, 2.45) is 0 Å². The number of hydrogen-bond donors (Lipinski definition) is 1. The van der Waals surface area contributed by atoms with Crippen molar-refractivity contribution in [2.75, 3.05) is 11.2 Å². The molecular weight excluding hydrogens is 230 g/mol. The van der Waals surface area contributed by atoms with Gasteiger partial charge in [-0.3, -0.25) is 0 Å². The fourth-order valence-electron chi connectivity index (χ4n) is 1.23. The Labute approximate surface area is 97.5 Å². The van der Waals surface area contributed by atoms with Crippen LogP contribution in [0.1, 0.15) is 13.8 Å². The van der Waals surface area contributed by atoms with E-state index in [-0.39, 0.29) is 5.54 Å². The van der Waals surface area contributed by atoms with E-state index < -0.39 is 0 Å². The van der Waals surface area contributed by atoms with E-state index in [1.807, 2.05) is 25.3 Å². The van der Waals surface area contributed by atoms with Crippen LogP contribution in [0.3, 0.4) is 0 Å². The average molecular weight is 242 g/mol. The van der Waals surface area contributed by atoms with Crippen LogP contribution in [0.5, 0.6) is 0 Å². The van der Waals surface area contributed by atoms with Gasteiger partial charge in [0, 0.05) is 11.4 Å². The average Bonchev–Trinajstić information content (AvgIpc) is 2.66. The molecule has 5 heteroatoms. The monoisotopic (exact) mass is 241 g/mol. The summed E-state index contributed by atoms with van der Waals surface area (Å²) in [4.78, 5) is 8.43. The van der Waals surface area contributed by atoms with E-state index in [2.05, 4.69) is 15.3 Å². The standard InChI is InChI=1S/C10H12ClN3S/c1-10(2,5-11)14-9-8-7(3-4-15-8)12-6-13-9/h3-4,6H,5H2,1-2H3,(H,12,13,14). The lowest BCUT2D eigenvalue weighted by molar-refractivity contribution is 0.639. The minimum atomic E-state index is -0.160. The summed E-state index contributed by atoms with van der Waals surface area (Å²) in [5, 5.41) is 5.34. The molecule has 0 aliphatic carbocycles. The summed E-state index contributed by atoms with van der Waals surface area (Å²) in [6, 6.07) is 1.99. The maximum absolute atomic E-state index is 5.87. The number of fused-ring (bicyclic) bond motifs is 1. The molecule has 0 fully saturated rings. The molecule has 0 unspecified atom stereocenters. The molecule has 80 valence electrons. The van der Waals surface area contributed by atoms with Crippen molar-refractivity contribution < 1.29 is 0 Å². The molecule has 2 rings (SSSR count). The van der Waals surface area contributed by atoms with E-state index in [0.717, 1.165) is 16.0 Å². The second-order valence-electron chi connectivity index (χ2n) is 4.00. The molecule has 0 spiro atoms. The predicted octanol–water partition coefficient (Wildman–Crippen LogP) is 3.12.